The molecule has 0 spiro atoms. The zero-order chi connectivity index (χ0) is 13.1. The van der Waals surface area contributed by atoms with Gasteiger partial charge in [-0.25, -0.2) is 0 Å². The maximum atomic E-state index is 6.04. The van der Waals surface area contributed by atoms with Gasteiger partial charge in [-0.15, -0.1) is 0 Å². The highest BCUT2D eigenvalue weighted by Gasteiger charge is 2.05. The molecule has 2 nitrogen and oxygen atoms in total. The van der Waals surface area contributed by atoms with Crippen molar-refractivity contribution in [1.29, 1.82) is 0 Å². The van der Waals surface area contributed by atoms with Gasteiger partial charge in [-0.1, -0.05) is 49.5 Å². The number of anilines is 1. The number of hydrogen-bond donors (Lipinski definition) is 1. The SMILES string of the molecule is Nc1cc(Br)ccc1COc1cc(Br)ccc1Cl. The van der Waals surface area contributed by atoms with E-state index in [0.717, 1.165) is 14.5 Å². The normalized spacial score (nSPS) is 10.4. The molecule has 0 saturated heterocycles. The summed E-state index contributed by atoms with van der Waals surface area (Å²) in [6.45, 7) is 0.384. The van der Waals surface area contributed by atoms with E-state index < -0.39 is 0 Å². The molecule has 0 aliphatic carbocycles. The molecule has 2 N–H and O–H groups in total. The van der Waals surface area contributed by atoms with Crippen LogP contribution in [0.1, 0.15) is 5.56 Å². The number of ether oxygens (including phenoxy) is 1. The van der Waals surface area contributed by atoms with E-state index in [9.17, 15) is 0 Å². The summed E-state index contributed by atoms with van der Waals surface area (Å²) in [5.74, 6) is 0.633. The number of hydrogen-bond acceptors (Lipinski definition) is 2. The molecule has 0 unspecified atom stereocenters. The van der Waals surface area contributed by atoms with Crippen molar-refractivity contribution in [1.82, 2.24) is 0 Å². The summed E-state index contributed by atoms with van der Waals surface area (Å²) in [5.41, 5.74) is 7.52. The molecule has 0 heterocycles. The highest BCUT2D eigenvalue weighted by atomic mass is 79.9. The average molecular weight is 391 g/mol. The molecule has 0 radical (unpaired) electrons. The Morgan fingerprint density at radius 1 is 1.06 bits per heavy atom. The molecule has 5 heteroatoms. The van der Waals surface area contributed by atoms with Gasteiger partial charge in [-0.3, -0.25) is 0 Å². The van der Waals surface area contributed by atoms with Crippen molar-refractivity contribution in [2.75, 3.05) is 5.73 Å². The standard InChI is InChI=1S/C13H10Br2ClNO/c14-9-2-1-8(12(17)5-9)7-18-13-6-10(15)3-4-11(13)16/h1-6H,7,17H2. The molecule has 2 aromatic carbocycles. The van der Waals surface area contributed by atoms with Crippen LogP contribution in [-0.2, 0) is 6.61 Å². The van der Waals surface area contributed by atoms with Crippen molar-refractivity contribution in [2.24, 2.45) is 0 Å². The summed E-state index contributed by atoms with van der Waals surface area (Å²) in [5, 5.41) is 0.578. The third-order valence-corrected chi connectivity index (χ3v) is 3.68. The highest BCUT2D eigenvalue weighted by molar-refractivity contribution is 9.10. The van der Waals surface area contributed by atoms with Crippen molar-refractivity contribution in [2.45, 2.75) is 6.61 Å². The summed E-state index contributed by atoms with van der Waals surface area (Å²) >= 11 is 12.8. The first kappa shape index (κ1) is 13.7. The van der Waals surface area contributed by atoms with Crippen LogP contribution >= 0.6 is 43.5 Å². The maximum absolute atomic E-state index is 6.04. The van der Waals surface area contributed by atoms with Crippen LogP contribution in [0.25, 0.3) is 0 Å². The first-order valence-electron chi connectivity index (χ1n) is 5.18. The van der Waals surface area contributed by atoms with Gasteiger partial charge in [0, 0.05) is 20.2 Å². The van der Waals surface area contributed by atoms with E-state index in [4.69, 9.17) is 22.1 Å². The van der Waals surface area contributed by atoms with Gasteiger partial charge in [-0.2, -0.15) is 0 Å². The zero-order valence-electron chi connectivity index (χ0n) is 9.29. The minimum absolute atomic E-state index is 0.384. The highest BCUT2D eigenvalue weighted by Crippen LogP contribution is 2.29. The molecular weight excluding hydrogens is 381 g/mol. The quantitative estimate of drug-likeness (QED) is 0.745. The van der Waals surface area contributed by atoms with E-state index in [0.29, 0.717) is 23.1 Å². The first-order chi connectivity index (χ1) is 8.56. The smallest absolute Gasteiger partial charge is 0.139 e. The van der Waals surface area contributed by atoms with Crippen LogP contribution in [0, 0.1) is 0 Å². The van der Waals surface area contributed by atoms with E-state index in [-0.39, 0.29) is 0 Å². The monoisotopic (exact) mass is 389 g/mol. The van der Waals surface area contributed by atoms with Crippen LogP contribution in [0.3, 0.4) is 0 Å². The van der Waals surface area contributed by atoms with Gasteiger partial charge in [-0.05, 0) is 30.3 Å². The molecule has 0 saturated carbocycles. The van der Waals surface area contributed by atoms with Crippen molar-refractivity contribution < 1.29 is 4.74 Å². The molecule has 0 aliphatic heterocycles. The Hall–Kier alpha value is -0.710. The predicted molar refractivity (Wildman–Crippen MR) is 82.0 cm³/mol. The zero-order valence-corrected chi connectivity index (χ0v) is 13.2. The van der Waals surface area contributed by atoms with E-state index in [1.165, 1.54) is 0 Å². The third-order valence-electron chi connectivity index (χ3n) is 2.38. The fraction of sp³-hybridized carbons (Fsp3) is 0.0769. The van der Waals surface area contributed by atoms with E-state index >= 15 is 0 Å². The summed E-state index contributed by atoms with van der Waals surface area (Å²) in [6, 6.07) is 11.2. The lowest BCUT2D eigenvalue weighted by atomic mass is 10.2. The van der Waals surface area contributed by atoms with E-state index in [1.807, 2.05) is 30.3 Å². The number of rotatable bonds is 3. The van der Waals surface area contributed by atoms with Gasteiger partial charge in [0.1, 0.15) is 12.4 Å². The molecule has 18 heavy (non-hydrogen) atoms. The fourth-order valence-electron chi connectivity index (χ4n) is 1.44. The number of nitrogen functional groups attached to an aromatic ring is 1. The minimum Gasteiger partial charge on any atom is -0.487 e. The second-order valence-corrected chi connectivity index (χ2v) is 5.95. The summed E-state index contributed by atoms with van der Waals surface area (Å²) < 4.78 is 7.54. The van der Waals surface area contributed by atoms with Crippen molar-refractivity contribution in [3.8, 4) is 5.75 Å². The molecular formula is C13H10Br2ClNO. The van der Waals surface area contributed by atoms with Gasteiger partial charge >= 0.3 is 0 Å². The Bertz CT molecular complexity index is 575. The van der Waals surface area contributed by atoms with Crippen LogP contribution in [0.4, 0.5) is 5.69 Å². The second-order valence-electron chi connectivity index (χ2n) is 3.71. The van der Waals surface area contributed by atoms with Crippen LogP contribution < -0.4 is 10.5 Å². The van der Waals surface area contributed by atoms with Crippen molar-refractivity contribution in [3.05, 3.63) is 55.9 Å². The summed E-state index contributed by atoms with van der Waals surface area (Å²) in [7, 11) is 0. The van der Waals surface area contributed by atoms with Gasteiger partial charge < -0.3 is 10.5 Å². The molecule has 2 rings (SSSR count). The molecule has 0 amide bonds. The van der Waals surface area contributed by atoms with Gasteiger partial charge in [0.15, 0.2) is 0 Å². The van der Waals surface area contributed by atoms with Gasteiger partial charge in [0.05, 0.1) is 5.02 Å². The Balaban J connectivity index is 2.13. The lowest BCUT2D eigenvalue weighted by molar-refractivity contribution is 0.307. The Morgan fingerprint density at radius 3 is 2.44 bits per heavy atom. The van der Waals surface area contributed by atoms with Crippen LogP contribution in [0.2, 0.25) is 5.02 Å². The Morgan fingerprint density at radius 2 is 1.72 bits per heavy atom. The first-order valence-corrected chi connectivity index (χ1v) is 7.14. The molecule has 94 valence electrons. The molecule has 0 aliphatic rings. The van der Waals surface area contributed by atoms with Crippen LogP contribution in [0.15, 0.2) is 45.3 Å². The fourth-order valence-corrected chi connectivity index (χ4v) is 2.33. The lowest BCUT2D eigenvalue weighted by Gasteiger charge is -2.10. The topological polar surface area (TPSA) is 35.2 Å². The van der Waals surface area contributed by atoms with E-state index in [1.54, 1.807) is 6.07 Å². The molecule has 0 atom stereocenters. The number of nitrogens with two attached hydrogens (primary N) is 1. The van der Waals surface area contributed by atoms with E-state index in [2.05, 4.69) is 31.9 Å². The summed E-state index contributed by atoms with van der Waals surface area (Å²) in [6.07, 6.45) is 0. The molecule has 0 fully saturated rings. The predicted octanol–water partition coefficient (Wildman–Crippen LogP) is 5.03. The average Bonchev–Trinajstić information content (AvgIpc) is 2.32. The van der Waals surface area contributed by atoms with Gasteiger partial charge in [0.25, 0.3) is 0 Å². The number of benzene rings is 2. The summed E-state index contributed by atoms with van der Waals surface area (Å²) in [4.78, 5) is 0. The third kappa shape index (κ3) is 3.40. The van der Waals surface area contributed by atoms with Crippen molar-refractivity contribution >= 4 is 49.1 Å². The van der Waals surface area contributed by atoms with Crippen molar-refractivity contribution in [3.63, 3.8) is 0 Å². The van der Waals surface area contributed by atoms with Crippen LogP contribution in [0.5, 0.6) is 5.75 Å². The van der Waals surface area contributed by atoms with Crippen LogP contribution in [-0.4, -0.2) is 0 Å². The number of halogens is 3. The van der Waals surface area contributed by atoms with Gasteiger partial charge in [0.2, 0.25) is 0 Å². The Labute approximate surface area is 127 Å². The largest absolute Gasteiger partial charge is 0.487 e. The second kappa shape index (κ2) is 5.95. The molecule has 0 bridgehead atoms. The molecule has 2 aromatic rings. The Kier molecular flexibility index (Phi) is 4.54. The maximum Gasteiger partial charge on any atom is 0.139 e. The molecule has 0 aromatic heterocycles. The minimum atomic E-state index is 0.384. The lowest BCUT2D eigenvalue weighted by Crippen LogP contribution is -2.00.